The number of carbonyl (C=O) groups excluding carboxylic acids is 1. The van der Waals surface area contributed by atoms with Crippen LogP contribution in [0.15, 0.2) is 23.3 Å². The number of hydrazone groups is 1. The summed E-state index contributed by atoms with van der Waals surface area (Å²) in [5, 5.41) is 3.60. The maximum absolute atomic E-state index is 12.4. The van der Waals surface area contributed by atoms with Gasteiger partial charge in [0.05, 0.1) is 12.8 Å². The highest BCUT2D eigenvalue weighted by Gasteiger charge is 2.15. The number of benzene rings is 1. The van der Waals surface area contributed by atoms with Gasteiger partial charge in [-0.3, -0.25) is 0 Å². The van der Waals surface area contributed by atoms with Crippen molar-refractivity contribution in [3.63, 3.8) is 0 Å². The first-order chi connectivity index (χ1) is 10.3. The predicted molar refractivity (Wildman–Crippen MR) is 67.5 cm³/mol. The number of methoxy groups -OCH3 is 1. The molecule has 122 valence electrons. The van der Waals surface area contributed by atoms with E-state index < -0.39 is 25.1 Å². The van der Waals surface area contributed by atoms with E-state index in [0.717, 1.165) is 19.2 Å². The highest BCUT2D eigenvalue weighted by Crippen LogP contribution is 2.28. The van der Waals surface area contributed by atoms with Crippen LogP contribution in [0.5, 0.6) is 11.5 Å². The molecule has 1 N–H and O–H groups in total. The van der Waals surface area contributed by atoms with E-state index in [0.29, 0.717) is 0 Å². The Balaban J connectivity index is 3.08. The molecule has 1 amide bonds. The number of ether oxygens (including phenoxy) is 3. The molecule has 1 rings (SSSR count). The number of amides is 1. The minimum absolute atomic E-state index is 0.0540. The molecule has 6 nitrogen and oxygen atoms in total. The highest BCUT2D eigenvalue weighted by molar-refractivity contribution is 6.01. The van der Waals surface area contributed by atoms with Gasteiger partial charge in [-0.15, -0.1) is 0 Å². The van der Waals surface area contributed by atoms with Crippen LogP contribution in [0.25, 0.3) is 0 Å². The average Bonchev–Trinajstić information content (AvgIpc) is 2.43. The summed E-state index contributed by atoms with van der Waals surface area (Å²) in [6, 6.07) is 3.18. The van der Waals surface area contributed by atoms with E-state index in [1.54, 1.807) is 0 Å². The zero-order valence-electron chi connectivity index (χ0n) is 11.5. The lowest BCUT2D eigenvalue weighted by Gasteiger charge is -2.13. The second-order valence-corrected chi connectivity index (χ2v) is 3.72. The van der Waals surface area contributed by atoms with Crippen LogP contribution < -0.4 is 14.9 Å². The van der Waals surface area contributed by atoms with Gasteiger partial charge in [0, 0.05) is 11.6 Å². The Kier molecular flexibility index (Phi) is 6.42. The number of halogens is 4. The lowest BCUT2D eigenvalue weighted by Crippen LogP contribution is -2.19. The number of hydrogen-bond donors (Lipinski definition) is 1. The van der Waals surface area contributed by atoms with Crippen LogP contribution in [0, 0.1) is 0 Å². The van der Waals surface area contributed by atoms with Crippen LogP contribution in [-0.2, 0) is 4.74 Å². The normalized spacial score (nSPS) is 11.5. The first kappa shape index (κ1) is 17.5. The molecular weight excluding hydrogens is 312 g/mol. The van der Waals surface area contributed by atoms with Crippen molar-refractivity contribution in [3.8, 4) is 11.5 Å². The van der Waals surface area contributed by atoms with E-state index in [1.807, 2.05) is 5.43 Å². The molecule has 0 atom stereocenters. The van der Waals surface area contributed by atoms with Gasteiger partial charge in [-0.1, -0.05) is 0 Å². The standard InChI is InChI=1S/C12H12F4N2O4/c1-6(17-18-12(19)20-2)8-4-3-7(21-10(13)14)5-9(8)22-11(15)16/h3-5,10-11H,1-2H3,(H,18,19). The fourth-order valence-electron chi connectivity index (χ4n) is 1.41. The fraction of sp³-hybridized carbons (Fsp3) is 0.333. The molecule has 0 aliphatic carbocycles. The largest absolute Gasteiger partial charge is 0.452 e. The van der Waals surface area contributed by atoms with Crippen molar-refractivity contribution in [1.29, 1.82) is 0 Å². The first-order valence-electron chi connectivity index (χ1n) is 5.75. The minimum Gasteiger partial charge on any atom is -0.452 e. The van der Waals surface area contributed by atoms with Gasteiger partial charge in [0.2, 0.25) is 0 Å². The third-order valence-corrected chi connectivity index (χ3v) is 2.28. The average molecular weight is 324 g/mol. The Morgan fingerprint density at radius 3 is 2.36 bits per heavy atom. The van der Waals surface area contributed by atoms with Crippen LogP contribution >= 0.6 is 0 Å². The quantitative estimate of drug-likeness (QED) is 0.496. The monoisotopic (exact) mass is 324 g/mol. The summed E-state index contributed by atoms with van der Waals surface area (Å²) in [6.07, 6.45) is -0.867. The molecule has 0 fully saturated rings. The summed E-state index contributed by atoms with van der Waals surface area (Å²) >= 11 is 0. The van der Waals surface area contributed by atoms with Gasteiger partial charge in [0.15, 0.2) is 0 Å². The molecule has 0 aliphatic rings. The van der Waals surface area contributed by atoms with Crippen molar-refractivity contribution in [1.82, 2.24) is 5.43 Å². The van der Waals surface area contributed by atoms with E-state index >= 15 is 0 Å². The molecule has 1 aromatic rings. The van der Waals surface area contributed by atoms with Crippen molar-refractivity contribution in [2.45, 2.75) is 20.1 Å². The van der Waals surface area contributed by atoms with Gasteiger partial charge in [-0.2, -0.15) is 22.7 Å². The molecule has 0 saturated heterocycles. The van der Waals surface area contributed by atoms with E-state index in [2.05, 4.69) is 19.3 Å². The minimum atomic E-state index is -3.18. The van der Waals surface area contributed by atoms with Gasteiger partial charge >= 0.3 is 19.3 Å². The second kappa shape index (κ2) is 8.05. The summed E-state index contributed by atoms with van der Waals surface area (Å²) in [5.41, 5.74) is 2.13. The lowest BCUT2D eigenvalue weighted by atomic mass is 10.1. The van der Waals surface area contributed by atoms with Crippen molar-refractivity contribution < 1.29 is 36.6 Å². The van der Waals surface area contributed by atoms with E-state index in [1.165, 1.54) is 13.0 Å². The van der Waals surface area contributed by atoms with Gasteiger partial charge in [-0.25, -0.2) is 10.2 Å². The number of nitrogens with zero attached hydrogens (tertiary/aromatic N) is 1. The molecule has 10 heteroatoms. The van der Waals surface area contributed by atoms with E-state index in [4.69, 9.17) is 0 Å². The van der Waals surface area contributed by atoms with Crippen LogP contribution in [0.3, 0.4) is 0 Å². The molecule has 0 unspecified atom stereocenters. The summed E-state index contributed by atoms with van der Waals surface area (Å²) in [6.45, 7) is -4.90. The third kappa shape index (κ3) is 5.46. The molecule has 0 heterocycles. The predicted octanol–water partition coefficient (Wildman–Crippen LogP) is 2.97. The highest BCUT2D eigenvalue weighted by atomic mass is 19.3. The number of alkyl halides is 4. The Labute approximate surface area is 122 Å². The summed E-state index contributed by atoms with van der Waals surface area (Å²) in [5.74, 6) is -0.788. The number of hydrogen-bond acceptors (Lipinski definition) is 5. The maximum Gasteiger partial charge on any atom is 0.427 e. The fourth-order valence-corrected chi connectivity index (χ4v) is 1.41. The first-order valence-corrected chi connectivity index (χ1v) is 5.75. The molecule has 0 bridgehead atoms. The van der Waals surface area contributed by atoms with Crippen molar-refractivity contribution in [3.05, 3.63) is 23.8 Å². The molecule has 22 heavy (non-hydrogen) atoms. The number of nitrogens with one attached hydrogen (secondary N) is 1. The summed E-state index contributed by atoms with van der Waals surface area (Å²) < 4.78 is 61.6. The summed E-state index contributed by atoms with van der Waals surface area (Å²) in [4.78, 5) is 10.9. The Morgan fingerprint density at radius 2 is 1.82 bits per heavy atom. The Bertz CT molecular complexity index is 552. The van der Waals surface area contributed by atoms with Crippen molar-refractivity contribution in [2.24, 2.45) is 5.10 Å². The molecular formula is C12H12F4N2O4. The smallest absolute Gasteiger partial charge is 0.427 e. The van der Waals surface area contributed by atoms with E-state index in [-0.39, 0.29) is 17.0 Å². The molecule has 0 aromatic heterocycles. The number of rotatable bonds is 6. The van der Waals surface area contributed by atoms with E-state index in [9.17, 15) is 22.4 Å². The molecule has 0 radical (unpaired) electrons. The molecule has 0 saturated carbocycles. The Morgan fingerprint density at radius 1 is 1.18 bits per heavy atom. The number of carbonyl (C=O) groups is 1. The molecule has 1 aromatic carbocycles. The Hall–Kier alpha value is -2.52. The zero-order chi connectivity index (χ0) is 16.7. The van der Waals surface area contributed by atoms with Gasteiger partial charge in [-0.05, 0) is 19.1 Å². The van der Waals surface area contributed by atoms with Crippen LogP contribution in [0.2, 0.25) is 0 Å². The molecule has 0 spiro atoms. The van der Waals surface area contributed by atoms with Gasteiger partial charge in [0.1, 0.15) is 11.5 Å². The van der Waals surface area contributed by atoms with Crippen molar-refractivity contribution >= 4 is 11.8 Å². The lowest BCUT2D eigenvalue weighted by molar-refractivity contribution is -0.0543. The topological polar surface area (TPSA) is 69.2 Å². The maximum atomic E-state index is 12.4. The van der Waals surface area contributed by atoms with Gasteiger partial charge in [0.25, 0.3) is 0 Å². The second-order valence-electron chi connectivity index (χ2n) is 3.72. The van der Waals surface area contributed by atoms with Crippen LogP contribution in [-0.4, -0.2) is 32.1 Å². The summed E-state index contributed by atoms with van der Waals surface area (Å²) in [7, 11) is 1.11. The molecule has 0 aliphatic heterocycles. The SMILES string of the molecule is COC(=O)NN=C(C)c1ccc(OC(F)F)cc1OC(F)F. The van der Waals surface area contributed by atoms with Crippen LogP contribution in [0.1, 0.15) is 12.5 Å². The van der Waals surface area contributed by atoms with Crippen molar-refractivity contribution in [2.75, 3.05) is 7.11 Å². The van der Waals surface area contributed by atoms with Crippen LogP contribution in [0.4, 0.5) is 22.4 Å². The third-order valence-electron chi connectivity index (χ3n) is 2.28. The van der Waals surface area contributed by atoms with Gasteiger partial charge < -0.3 is 14.2 Å². The zero-order valence-corrected chi connectivity index (χ0v) is 11.5.